The molecule has 1 heterocycles. The Morgan fingerprint density at radius 1 is 1.45 bits per heavy atom. The Balaban J connectivity index is 3.01. The summed E-state index contributed by atoms with van der Waals surface area (Å²) < 4.78 is 2.75. The zero-order chi connectivity index (χ0) is 15.3. The standard InChI is InChI=1S/C14H22BrN3O2/c1-4-5-6-17(9-13(16)19)14(20)12-7-11(15)8-18(12)10(2)3/h7-8,10H,4-6,9H2,1-3H3,(H2,16,19). The Morgan fingerprint density at radius 3 is 2.60 bits per heavy atom. The molecular weight excluding hydrogens is 322 g/mol. The topological polar surface area (TPSA) is 68.3 Å². The van der Waals surface area contributed by atoms with Gasteiger partial charge in [0.1, 0.15) is 5.69 Å². The highest BCUT2D eigenvalue weighted by molar-refractivity contribution is 9.10. The molecular formula is C14H22BrN3O2. The number of hydrogen-bond acceptors (Lipinski definition) is 2. The number of amides is 2. The van der Waals surface area contributed by atoms with Gasteiger partial charge >= 0.3 is 0 Å². The van der Waals surface area contributed by atoms with Crippen molar-refractivity contribution in [2.75, 3.05) is 13.1 Å². The number of primary amides is 1. The van der Waals surface area contributed by atoms with Crippen molar-refractivity contribution in [3.63, 3.8) is 0 Å². The number of halogens is 1. The second-order valence-corrected chi connectivity index (χ2v) is 6.01. The summed E-state index contributed by atoms with van der Waals surface area (Å²) in [5.74, 6) is -0.646. The molecule has 0 radical (unpaired) electrons. The minimum atomic E-state index is -0.490. The maximum absolute atomic E-state index is 12.6. The molecule has 0 aliphatic rings. The third kappa shape index (κ3) is 4.37. The summed E-state index contributed by atoms with van der Waals surface area (Å²) >= 11 is 3.39. The van der Waals surface area contributed by atoms with Gasteiger partial charge in [-0.15, -0.1) is 0 Å². The Bertz CT molecular complexity index is 483. The van der Waals surface area contributed by atoms with E-state index in [9.17, 15) is 9.59 Å². The molecule has 112 valence electrons. The van der Waals surface area contributed by atoms with Crippen molar-refractivity contribution in [2.24, 2.45) is 5.73 Å². The van der Waals surface area contributed by atoms with Crippen molar-refractivity contribution < 1.29 is 9.59 Å². The summed E-state index contributed by atoms with van der Waals surface area (Å²) in [6, 6.07) is 1.95. The average Bonchev–Trinajstić information content (AvgIpc) is 2.75. The van der Waals surface area contributed by atoms with Crippen LogP contribution in [0.1, 0.15) is 50.1 Å². The van der Waals surface area contributed by atoms with E-state index in [4.69, 9.17) is 5.73 Å². The monoisotopic (exact) mass is 343 g/mol. The van der Waals surface area contributed by atoms with Crippen molar-refractivity contribution in [1.82, 2.24) is 9.47 Å². The van der Waals surface area contributed by atoms with Crippen LogP contribution in [0.4, 0.5) is 0 Å². The first kappa shape index (κ1) is 16.8. The molecule has 0 aliphatic heterocycles. The zero-order valence-corrected chi connectivity index (χ0v) is 13.8. The van der Waals surface area contributed by atoms with Crippen LogP contribution in [0, 0.1) is 0 Å². The largest absolute Gasteiger partial charge is 0.368 e. The number of nitrogens with zero attached hydrogens (tertiary/aromatic N) is 2. The molecule has 5 nitrogen and oxygen atoms in total. The first-order valence-electron chi connectivity index (χ1n) is 6.81. The molecule has 2 N–H and O–H groups in total. The molecule has 0 unspecified atom stereocenters. The van der Waals surface area contributed by atoms with Gasteiger partial charge in [0.15, 0.2) is 0 Å². The fraction of sp³-hybridized carbons (Fsp3) is 0.571. The van der Waals surface area contributed by atoms with Crippen LogP contribution in [0.3, 0.4) is 0 Å². The van der Waals surface area contributed by atoms with Crippen LogP contribution in [0.15, 0.2) is 16.7 Å². The van der Waals surface area contributed by atoms with Gasteiger partial charge in [0.25, 0.3) is 5.91 Å². The van der Waals surface area contributed by atoms with Gasteiger partial charge in [-0.25, -0.2) is 0 Å². The van der Waals surface area contributed by atoms with E-state index in [0.29, 0.717) is 12.2 Å². The van der Waals surface area contributed by atoms with Crippen LogP contribution >= 0.6 is 15.9 Å². The highest BCUT2D eigenvalue weighted by Crippen LogP contribution is 2.21. The first-order valence-corrected chi connectivity index (χ1v) is 7.61. The van der Waals surface area contributed by atoms with Gasteiger partial charge in [0.05, 0.1) is 6.54 Å². The van der Waals surface area contributed by atoms with Crippen molar-refractivity contribution in [1.29, 1.82) is 0 Å². The number of hydrogen-bond donors (Lipinski definition) is 1. The van der Waals surface area contributed by atoms with Gasteiger partial charge in [-0.2, -0.15) is 0 Å². The number of nitrogens with two attached hydrogens (primary N) is 1. The average molecular weight is 344 g/mol. The van der Waals surface area contributed by atoms with Crippen molar-refractivity contribution in [3.8, 4) is 0 Å². The lowest BCUT2D eigenvalue weighted by Crippen LogP contribution is -2.40. The van der Waals surface area contributed by atoms with Crippen LogP contribution in [-0.4, -0.2) is 34.4 Å². The predicted octanol–water partition coefficient (Wildman–Crippen LogP) is 2.56. The zero-order valence-electron chi connectivity index (χ0n) is 12.2. The van der Waals surface area contributed by atoms with E-state index in [1.165, 1.54) is 4.90 Å². The van der Waals surface area contributed by atoms with Crippen LogP contribution in [-0.2, 0) is 4.79 Å². The molecule has 0 aliphatic carbocycles. The van der Waals surface area contributed by atoms with E-state index in [2.05, 4.69) is 15.9 Å². The lowest BCUT2D eigenvalue weighted by atomic mass is 10.2. The predicted molar refractivity (Wildman–Crippen MR) is 82.5 cm³/mol. The first-order chi connectivity index (χ1) is 9.36. The molecule has 0 bridgehead atoms. The Labute approximate surface area is 128 Å². The SMILES string of the molecule is CCCCN(CC(N)=O)C(=O)c1cc(Br)cn1C(C)C. The molecule has 0 spiro atoms. The van der Waals surface area contributed by atoms with Crippen LogP contribution < -0.4 is 5.73 Å². The van der Waals surface area contributed by atoms with Crippen molar-refractivity contribution in [3.05, 3.63) is 22.4 Å². The quantitative estimate of drug-likeness (QED) is 0.826. The maximum atomic E-state index is 12.6. The third-order valence-electron chi connectivity index (χ3n) is 3.01. The molecule has 0 fully saturated rings. The van der Waals surface area contributed by atoms with Gasteiger partial charge in [0, 0.05) is 23.3 Å². The molecule has 1 aromatic rings. The lowest BCUT2D eigenvalue weighted by Gasteiger charge is -2.22. The van der Waals surface area contributed by atoms with Crippen LogP contribution in [0.5, 0.6) is 0 Å². The molecule has 0 atom stereocenters. The van der Waals surface area contributed by atoms with Gasteiger partial charge in [0.2, 0.25) is 5.91 Å². The summed E-state index contributed by atoms with van der Waals surface area (Å²) in [4.78, 5) is 25.3. The summed E-state index contributed by atoms with van der Waals surface area (Å²) in [7, 11) is 0. The van der Waals surface area contributed by atoms with Crippen LogP contribution in [0.25, 0.3) is 0 Å². The maximum Gasteiger partial charge on any atom is 0.270 e. The molecule has 1 aromatic heterocycles. The molecule has 6 heteroatoms. The van der Waals surface area contributed by atoms with Gasteiger partial charge in [-0.1, -0.05) is 13.3 Å². The van der Waals surface area contributed by atoms with E-state index < -0.39 is 5.91 Å². The highest BCUT2D eigenvalue weighted by atomic mass is 79.9. The minimum absolute atomic E-state index is 0.0419. The summed E-state index contributed by atoms with van der Waals surface area (Å²) in [6.45, 7) is 6.56. The fourth-order valence-corrected chi connectivity index (χ4v) is 2.43. The van der Waals surface area contributed by atoms with Gasteiger partial charge in [-0.3, -0.25) is 9.59 Å². The van der Waals surface area contributed by atoms with Crippen LogP contribution in [0.2, 0.25) is 0 Å². The molecule has 0 saturated carbocycles. The second-order valence-electron chi connectivity index (χ2n) is 5.09. The summed E-state index contributed by atoms with van der Waals surface area (Å²) in [5.41, 5.74) is 5.81. The molecule has 2 amide bonds. The number of rotatable bonds is 7. The summed E-state index contributed by atoms with van der Waals surface area (Å²) in [5, 5.41) is 0. The normalized spacial score (nSPS) is 10.8. The minimum Gasteiger partial charge on any atom is -0.368 e. The van der Waals surface area contributed by atoms with Gasteiger partial charge < -0.3 is 15.2 Å². The number of carbonyl (C=O) groups is 2. The molecule has 1 rings (SSSR count). The molecule has 20 heavy (non-hydrogen) atoms. The van der Waals surface area contributed by atoms with E-state index in [-0.39, 0.29) is 18.5 Å². The fourth-order valence-electron chi connectivity index (χ4n) is 2.00. The second kappa shape index (κ2) is 7.47. The van der Waals surface area contributed by atoms with Crippen molar-refractivity contribution in [2.45, 2.75) is 39.7 Å². The van der Waals surface area contributed by atoms with Gasteiger partial charge in [-0.05, 0) is 42.3 Å². The van der Waals surface area contributed by atoms with Crippen molar-refractivity contribution >= 4 is 27.7 Å². The molecule has 0 aromatic carbocycles. The highest BCUT2D eigenvalue weighted by Gasteiger charge is 2.22. The lowest BCUT2D eigenvalue weighted by molar-refractivity contribution is -0.118. The number of unbranched alkanes of at least 4 members (excludes halogenated alkanes) is 1. The third-order valence-corrected chi connectivity index (χ3v) is 3.44. The molecule has 0 saturated heterocycles. The van der Waals surface area contributed by atoms with E-state index >= 15 is 0 Å². The Hall–Kier alpha value is -1.30. The smallest absolute Gasteiger partial charge is 0.270 e. The summed E-state index contributed by atoms with van der Waals surface area (Å²) in [6.07, 6.45) is 3.68. The number of aromatic nitrogens is 1. The Kier molecular flexibility index (Phi) is 6.26. The van der Waals surface area contributed by atoms with E-state index in [1.807, 2.05) is 31.5 Å². The van der Waals surface area contributed by atoms with E-state index in [1.54, 1.807) is 6.07 Å². The van der Waals surface area contributed by atoms with E-state index in [0.717, 1.165) is 17.3 Å². The Morgan fingerprint density at radius 2 is 2.10 bits per heavy atom. The number of carbonyl (C=O) groups excluding carboxylic acids is 2.